The SMILES string of the molecule is CCCC[C@@H](CC)COc1nc2ccc3c4ccsc4c4c(OC[C@@H](CC)CCCC)nc5ccc6c7ccsc7c1c1c2c3c4c5c61. The molecule has 0 aliphatic heterocycles. The van der Waals surface area contributed by atoms with E-state index in [4.69, 9.17) is 19.4 Å². The van der Waals surface area contributed by atoms with E-state index in [0.717, 1.165) is 46.4 Å². The Labute approximate surface area is 289 Å². The van der Waals surface area contributed by atoms with Crippen LogP contribution in [0.5, 0.6) is 11.8 Å². The molecule has 0 saturated heterocycles. The summed E-state index contributed by atoms with van der Waals surface area (Å²) < 4.78 is 16.2. The van der Waals surface area contributed by atoms with Gasteiger partial charge in [0.05, 0.1) is 35.0 Å². The summed E-state index contributed by atoms with van der Waals surface area (Å²) in [5, 5.41) is 19.5. The first kappa shape index (κ1) is 30.3. The van der Waals surface area contributed by atoms with Crippen molar-refractivity contribution < 1.29 is 9.47 Å². The van der Waals surface area contributed by atoms with E-state index in [1.54, 1.807) is 22.7 Å². The standard InChI is InChI=1S/C42H42N2O2S2/c1-5-9-11-23(7-3)21-45-41-37-35-31-25(27-17-19-47-39(27)37)14-16-30-34(31)36-32-26(13-15-29(43-41)33(32)35)28-18-20-48-40(28)38(36)42(44-30)46-22-24(8-4)12-10-6-2/h13-20,23-24H,5-12,21-22H2,1-4H3/t23-,24+. The number of aromatic nitrogens is 2. The third-order valence-electron chi connectivity index (χ3n) is 11.1. The molecule has 4 aromatic heterocycles. The Morgan fingerprint density at radius 3 is 1.40 bits per heavy atom. The van der Waals surface area contributed by atoms with Gasteiger partial charge >= 0.3 is 0 Å². The summed E-state index contributed by atoms with van der Waals surface area (Å²) in [6, 6.07) is 13.6. The predicted octanol–water partition coefficient (Wildman–Crippen LogP) is 13.3. The first-order valence-electron chi connectivity index (χ1n) is 18.1. The highest BCUT2D eigenvalue weighted by molar-refractivity contribution is 7.19. The second kappa shape index (κ2) is 12.0. The lowest BCUT2D eigenvalue weighted by molar-refractivity contribution is 0.229. The van der Waals surface area contributed by atoms with Gasteiger partial charge in [0, 0.05) is 52.5 Å². The maximum atomic E-state index is 6.82. The fourth-order valence-electron chi connectivity index (χ4n) is 8.39. The molecule has 4 heterocycles. The van der Waals surface area contributed by atoms with Crippen LogP contribution < -0.4 is 9.47 Å². The fourth-order valence-corrected chi connectivity index (χ4v) is 10.3. The number of hydrogen-bond donors (Lipinski definition) is 0. The molecule has 5 aromatic carbocycles. The molecule has 0 aliphatic carbocycles. The van der Waals surface area contributed by atoms with Crippen LogP contribution in [0.4, 0.5) is 0 Å². The summed E-state index contributed by atoms with van der Waals surface area (Å²) in [7, 11) is 0. The molecule has 0 amide bonds. The summed E-state index contributed by atoms with van der Waals surface area (Å²) in [5.41, 5.74) is 2.01. The van der Waals surface area contributed by atoms with Crippen molar-refractivity contribution in [3.05, 3.63) is 47.2 Å². The van der Waals surface area contributed by atoms with Crippen molar-refractivity contribution in [2.75, 3.05) is 13.2 Å². The summed E-state index contributed by atoms with van der Waals surface area (Å²) in [6.07, 6.45) is 9.50. The van der Waals surface area contributed by atoms with Crippen LogP contribution in [0.2, 0.25) is 0 Å². The van der Waals surface area contributed by atoms with Crippen LogP contribution in [-0.4, -0.2) is 23.2 Å². The highest BCUT2D eigenvalue weighted by atomic mass is 32.1. The zero-order valence-electron chi connectivity index (χ0n) is 28.4. The molecule has 6 heteroatoms. The molecule has 0 saturated carbocycles. The molecule has 0 unspecified atom stereocenters. The lowest BCUT2D eigenvalue weighted by atomic mass is 9.84. The normalized spacial score (nSPS) is 14.1. The Hall–Kier alpha value is -3.74. The summed E-state index contributed by atoms with van der Waals surface area (Å²) in [5.74, 6) is 2.61. The van der Waals surface area contributed by atoms with E-state index in [9.17, 15) is 0 Å². The minimum Gasteiger partial charge on any atom is -0.477 e. The summed E-state index contributed by atoms with van der Waals surface area (Å²) in [4.78, 5) is 10.8. The van der Waals surface area contributed by atoms with Gasteiger partial charge < -0.3 is 9.47 Å². The van der Waals surface area contributed by atoms with Gasteiger partial charge in [-0.3, -0.25) is 0 Å². The van der Waals surface area contributed by atoms with E-state index in [1.165, 1.54) is 102 Å². The van der Waals surface area contributed by atoms with Crippen molar-refractivity contribution in [1.82, 2.24) is 9.97 Å². The summed E-state index contributed by atoms with van der Waals surface area (Å²) >= 11 is 3.61. The van der Waals surface area contributed by atoms with Crippen LogP contribution in [-0.2, 0) is 0 Å². The van der Waals surface area contributed by atoms with Gasteiger partial charge in [-0.2, -0.15) is 0 Å². The Kier molecular flexibility index (Phi) is 7.58. The molecule has 0 bridgehead atoms. The van der Waals surface area contributed by atoms with Gasteiger partial charge in [0.2, 0.25) is 11.8 Å². The van der Waals surface area contributed by atoms with E-state index in [2.05, 4.69) is 74.9 Å². The first-order chi connectivity index (χ1) is 23.7. The van der Waals surface area contributed by atoms with Gasteiger partial charge in [-0.05, 0) is 70.5 Å². The number of nitrogens with zero attached hydrogens (tertiary/aromatic N) is 2. The topological polar surface area (TPSA) is 44.2 Å². The van der Waals surface area contributed by atoms with E-state index in [0.29, 0.717) is 25.0 Å². The number of rotatable bonds is 14. The van der Waals surface area contributed by atoms with E-state index in [1.807, 2.05) is 0 Å². The third-order valence-corrected chi connectivity index (χ3v) is 13.0. The average molecular weight is 671 g/mol. The van der Waals surface area contributed by atoms with E-state index in [-0.39, 0.29) is 0 Å². The number of benzene rings is 5. The minimum absolute atomic E-state index is 0.525. The van der Waals surface area contributed by atoms with Crippen molar-refractivity contribution >= 4 is 108 Å². The molecule has 0 N–H and O–H groups in total. The number of unbranched alkanes of at least 4 members (excludes halogenated alkanes) is 2. The number of fused-ring (bicyclic) bond motifs is 6. The Morgan fingerprint density at radius 2 is 0.979 bits per heavy atom. The van der Waals surface area contributed by atoms with Gasteiger partial charge in [-0.15, -0.1) is 22.7 Å². The predicted molar refractivity (Wildman–Crippen MR) is 209 cm³/mol. The van der Waals surface area contributed by atoms with Crippen LogP contribution in [0.15, 0.2) is 47.2 Å². The van der Waals surface area contributed by atoms with Crippen LogP contribution in [0, 0.1) is 11.8 Å². The molecule has 0 fully saturated rings. The highest BCUT2D eigenvalue weighted by Gasteiger charge is 2.29. The quantitative estimate of drug-likeness (QED) is 0.0853. The second-order valence-corrected chi connectivity index (χ2v) is 15.7. The lowest BCUT2D eigenvalue weighted by Crippen LogP contribution is -2.13. The Balaban J connectivity index is 1.38. The lowest BCUT2D eigenvalue weighted by Gasteiger charge is -2.24. The smallest absolute Gasteiger partial charge is 0.223 e. The first-order valence-corrected chi connectivity index (χ1v) is 19.9. The fraction of sp³-hybridized carbons (Fsp3) is 0.381. The number of pyridine rings is 2. The van der Waals surface area contributed by atoms with Crippen molar-refractivity contribution in [3.8, 4) is 11.8 Å². The van der Waals surface area contributed by atoms with Gasteiger partial charge in [-0.1, -0.05) is 78.4 Å². The Bertz CT molecular complexity index is 2370. The molecular formula is C42H42N2O2S2. The zero-order valence-corrected chi connectivity index (χ0v) is 30.0. The molecule has 0 spiro atoms. The molecular weight excluding hydrogens is 629 g/mol. The number of thiophene rings is 2. The minimum atomic E-state index is 0.525. The van der Waals surface area contributed by atoms with Crippen molar-refractivity contribution in [1.29, 1.82) is 0 Å². The molecule has 0 radical (unpaired) electrons. The average Bonchev–Trinajstić information content (AvgIpc) is 3.81. The molecule has 9 rings (SSSR count). The largest absolute Gasteiger partial charge is 0.477 e. The maximum Gasteiger partial charge on any atom is 0.223 e. The molecule has 4 nitrogen and oxygen atoms in total. The van der Waals surface area contributed by atoms with E-state index < -0.39 is 0 Å². The highest BCUT2D eigenvalue weighted by Crippen LogP contribution is 2.55. The molecule has 2 atom stereocenters. The van der Waals surface area contributed by atoms with Crippen LogP contribution in [0.1, 0.15) is 79.1 Å². The van der Waals surface area contributed by atoms with Crippen molar-refractivity contribution in [3.63, 3.8) is 0 Å². The number of hydrogen-bond acceptors (Lipinski definition) is 6. The van der Waals surface area contributed by atoms with Crippen LogP contribution >= 0.6 is 22.7 Å². The summed E-state index contributed by atoms with van der Waals surface area (Å²) in [6.45, 7) is 10.5. The molecule has 0 aliphatic rings. The maximum absolute atomic E-state index is 6.82. The van der Waals surface area contributed by atoms with Crippen LogP contribution in [0.25, 0.3) is 85.1 Å². The second-order valence-electron chi connectivity index (χ2n) is 13.9. The van der Waals surface area contributed by atoms with Gasteiger partial charge in [0.25, 0.3) is 0 Å². The van der Waals surface area contributed by atoms with Crippen LogP contribution in [0.3, 0.4) is 0 Å². The molecule has 9 aromatic rings. The van der Waals surface area contributed by atoms with Gasteiger partial charge in [0.15, 0.2) is 0 Å². The van der Waals surface area contributed by atoms with Gasteiger partial charge in [0.1, 0.15) is 0 Å². The van der Waals surface area contributed by atoms with Gasteiger partial charge in [-0.25, -0.2) is 9.97 Å². The monoisotopic (exact) mass is 670 g/mol. The van der Waals surface area contributed by atoms with Crippen molar-refractivity contribution in [2.24, 2.45) is 11.8 Å². The third kappa shape index (κ3) is 4.37. The van der Waals surface area contributed by atoms with Crippen molar-refractivity contribution in [2.45, 2.75) is 79.1 Å². The molecule has 48 heavy (non-hydrogen) atoms. The zero-order chi connectivity index (χ0) is 32.5. The Morgan fingerprint density at radius 1 is 0.521 bits per heavy atom. The number of ether oxygens (including phenoxy) is 2. The molecule has 244 valence electrons. The van der Waals surface area contributed by atoms with E-state index >= 15 is 0 Å².